The minimum absolute atomic E-state index is 0.668. The van der Waals surface area contributed by atoms with E-state index in [0.29, 0.717) is 11.6 Å². The number of benzene rings is 9. The van der Waals surface area contributed by atoms with Crippen molar-refractivity contribution in [2.75, 3.05) is 0 Å². The zero-order valence-corrected chi connectivity index (χ0v) is 29.1. The van der Waals surface area contributed by atoms with Crippen molar-refractivity contribution in [3.8, 4) is 45.3 Å². The van der Waals surface area contributed by atoms with Crippen molar-refractivity contribution in [2.24, 2.45) is 0 Å². The Morgan fingerprint density at radius 2 is 0.704 bits per heavy atom. The Morgan fingerprint density at radius 3 is 1.35 bits per heavy atom. The number of para-hydroxylation sites is 2. The van der Waals surface area contributed by atoms with Crippen LogP contribution in [0.15, 0.2) is 182 Å². The second kappa shape index (κ2) is 12.1. The van der Waals surface area contributed by atoms with Gasteiger partial charge in [0.05, 0.1) is 22.4 Å². The van der Waals surface area contributed by atoms with Crippen molar-refractivity contribution in [1.29, 1.82) is 0 Å². The predicted molar refractivity (Wildman–Crippen MR) is 224 cm³/mol. The van der Waals surface area contributed by atoms with Gasteiger partial charge in [-0.25, -0.2) is 19.9 Å². The second-order valence-electron chi connectivity index (χ2n) is 13.8. The number of aromatic nitrogens is 4. The highest BCUT2D eigenvalue weighted by atomic mass is 14.9. The summed E-state index contributed by atoms with van der Waals surface area (Å²) in [6.45, 7) is 0. The Morgan fingerprint density at radius 1 is 0.259 bits per heavy atom. The quantitative estimate of drug-likeness (QED) is 0.173. The number of hydrogen-bond acceptors (Lipinski definition) is 4. The zero-order chi connectivity index (χ0) is 35.6. The van der Waals surface area contributed by atoms with Gasteiger partial charge in [-0.3, -0.25) is 0 Å². The first-order chi connectivity index (χ1) is 26.8. The lowest BCUT2D eigenvalue weighted by Gasteiger charge is -2.15. The van der Waals surface area contributed by atoms with Gasteiger partial charge in [-0.05, 0) is 73.4 Å². The Balaban J connectivity index is 1.12. The van der Waals surface area contributed by atoms with Gasteiger partial charge >= 0.3 is 0 Å². The van der Waals surface area contributed by atoms with E-state index in [1.54, 1.807) is 0 Å². The minimum atomic E-state index is 0.668. The molecule has 0 saturated heterocycles. The molecular formula is C50H30N4. The number of rotatable bonds is 4. The Kier molecular flexibility index (Phi) is 6.82. The van der Waals surface area contributed by atoms with Gasteiger partial charge in [0, 0.05) is 33.0 Å². The van der Waals surface area contributed by atoms with Crippen LogP contribution in [0.4, 0.5) is 0 Å². The molecule has 4 heteroatoms. The number of fused-ring (bicyclic) bond motifs is 8. The van der Waals surface area contributed by atoms with Gasteiger partial charge in [-0.1, -0.05) is 152 Å². The second-order valence-corrected chi connectivity index (χ2v) is 13.8. The standard InChI is InChI=1S/C50H30N4/c1-3-18-35-31(14-1)29-43(39-22-7-5-20-37(35)39)48-42-25-10-12-27-46(42)51-49(54-48)34-17-13-16-33(28-34)47-41-24-9-11-26-45(41)52-50(53-47)44-30-32-15-2-4-19-36(32)38-21-6-8-23-40(38)44/h1-30H. The van der Waals surface area contributed by atoms with Crippen LogP contribution in [0.25, 0.3) is 110 Å². The summed E-state index contributed by atoms with van der Waals surface area (Å²) in [4.78, 5) is 21.1. The van der Waals surface area contributed by atoms with Crippen molar-refractivity contribution in [3.05, 3.63) is 182 Å². The number of nitrogens with zero attached hydrogens (tertiary/aromatic N) is 4. The van der Waals surface area contributed by atoms with Crippen LogP contribution in [0.3, 0.4) is 0 Å². The third-order valence-corrected chi connectivity index (χ3v) is 10.6. The van der Waals surface area contributed by atoms with Gasteiger partial charge in [0.1, 0.15) is 0 Å². The molecule has 11 aromatic rings. The Labute approximate surface area is 311 Å². The highest BCUT2D eigenvalue weighted by molar-refractivity contribution is 6.16. The van der Waals surface area contributed by atoms with Crippen LogP contribution < -0.4 is 0 Å². The third-order valence-electron chi connectivity index (χ3n) is 10.6. The molecule has 0 N–H and O–H groups in total. The summed E-state index contributed by atoms with van der Waals surface area (Å²) in [5.41, 5.74) is 7.59. The van der Waals surface area contributed by atoms with E-state index in [1.165, 1.54) is 32.3 Å². The van der Waals surface area contributed by atoms with Crippen LogP contribution in [0, 0.1) is 0 Å². The van der Waals surface area contributed by atoms with Crippen LogP contribution in [0.2, 0.25) is 0 Å². The van der Waals surface area contributed by atoms with E-state index in [4.69, 9.17) is 19.9 Å². The largest absolute Gasteiger partial charge is 0.228 e. The van der Waals surface area contributed by atoms with Crippen molar-refractivity contribution < 1.29 is 0 Å². The van der Waals surface area contributed by atoms with Crippen molar-refractivity contribution >= 4 is 64.9 Å². The zero-order valence-electron chi connectivity index (χ0n) is 29.1. The van der Waals surface area contributed by atoms with Gasteiger partial charge in [0.25, 0.3) is 0 Å². The molecule has 0 amide bonds. The van der Waals surface area contributed by atoms with Crippen LogP contribution in [-0.2, 0) is 0 Å². The average molecular weight is 687 g/mol. The van der Waals surface area contributed by atoms with E-state index in [-0.39, 0.29) is 0 Å². The fourth-order valence-electron chi connectivity index (χ4n) is 8.12. The van der Waals surface area contributed by atoms with Crippen LogP contribution in [-0.4, -0.2) is 19.9 Å². The van der Waals surface area contributed by atoms with Crippen LogP contribution in [0.5, 0.6) is 0 Å². The monoisotopic (exact) mass is 686 g/mol. The molecule has 0 fully saturated rings. The van der Waals surface area contributed by atoms with Crippen molar-refractivity contribution in [1.82, 2.24) is 19.9 Å². The molecule has 9 aromatic carbocycles. The summed E-state index contributed by atoms with van der Waals surface area (Å²) in [7, 11) is 0. The number of hydrogen-bond donors (Lipinski definition) is 0. The highest BCUT2D eigenvalue weighted by Crippen LogP contribution is 2.39. The molecule has 0 aliphatic rings. The Bertz CT molecular complexity index is 3290. The van der Waals surface area contributed by atoms with E-state index in [9.17, 15) is 0 Å². The fourth-order valence-corrected chi connectivity index (χ4v) is 8.12. The summed E-state index contributed by atoms with van der Waals surface area (Å²) >= 11 is 0. The first-order valence-corrected chi connectivity index (χ1v) is 18.2. The normalized spacial score (nSPS) is 11.7. The van der Waals surface area contributed by atoms with E-state index in [1.807, 2.05) is 12.1 Å². The molecule has 0 saturated carbocycles. The molecule has 2 heterocycles. The van der Waals surface area contributed by atoms with Gasteiger partial charge in [-0.2, -0.15) is 0 Å². The first kappa shape index (κ1) is 30.3. The van der Waals surface area contributed by atoms with Gasteiger partial charge in [0.2, 0.25) is 0 Å². The van der Waals surface area contributed by atoms with E-state index < -0.39 is 0 Å². The maximum atomic E-state index is 5.38. The van der Waals surface area contributed by atoms with Gasteiger partial charge in [0.15, 0.2) is 11.6 Å². The smallest absolute Gasteiger partial charge is 0.161 e. The van der Waals surface area contributed by atoms with E-state index in [0.717, 1.165) is 66.2 Å². The van der Waals surface area contributed by atoms with E-state index in [2.05, 4.69) is 170 Å². The molecule has 0 aliphatic carbocycles. The SMILES string of the molecule is c1cc(-c2nc(-c3cc4ccccc4c4ccccc34)c3ccccc3n2)cc(-c2nc(-c3cc4ccccc4c4ccccc34)nc3ccccc23)c1. The molecule has 4 nitrogen and oxygen atoms in total. The molecule has 54 heavy (non-hydrogen) atoms. The van der Waals surface area contributed by atoms with Crippen molar-refractivity contribution in [3.63, 3.8) is 0 Å². The molecule has 11 rings (SSSR count). The molecule has 0 atom stereocenters. The molecule has 250 valence electrons. The van der Waals surface area contributed by atoms with Gasteiger partial charge < -0.3 is 0 Å². The molecular weight excluding hydrogens is 657 g/mol. The molecule has 0 spiro atoms. The van der Waals surface area contributed by atoms with E-state index >= 15 is 0 Å². The van der Waals surface area contributed by atoms with Gasteiger partial charge in [-0.15, -0.1) is 0 Å². The minimum Gasteiger partial charge on any atom is -0.228 e. The third kappa shape index (κ3) is 4.85. The van der Waals surface area contributed by atoms with Crippen LogP contribution in [0.1, 0.15) is 0 Å². The summed E-state index contributed by atoms with van der Waals surface area (Å²) in [5, 5.41) is 11.5. The lowest BCUT2D eigenvalue weighted by molar-refractivity contribution is 1.22. The first-order valence-electron chi connectivity index (χ1n) is 18.2. The topological polar surface area (TPSA) is 51.6 Å². The maximum absolute atomic E-state index is 5.38. The molecule has 0 aliphatic heterocycles. The molecule has 0 unspecified atom stereocenters. The lowest BCUT2D eigenvalue weighted by Crippen LogP contribution is -1.98. The molecule has 2 aromatic heterocycles. The summed E-state index contributed by atoms with van der Waals surface area (Å²) in [6, 6.07) is 63.8. The van der Waals surface area contributed by atoms with Crippen LogP contribution >= 0.6 is 0 Å². The molecule has 0 radical (unpaired) electrons. The lowest BCUT2D eigenvalue weighted by atomic mass is 9.94. The summed E-state index contributed by atoms with van der Waals surface area (Å²) in [5.74, 6) is 1.37. The molecule has 0 bridgehead atoms. The summed E-state index contributed by atoms with van der Waals surface area (Å²) < 4.78 is 0. The fraction of sp³-hybridized carbons (Fsp3) is 0. The highest BCUT2D eigenvalue weighted by Gasteiger charge is 2.18. The Hall–Kier alpha value is -7.30. The maximum Gasteiger partial charge on any atom is 0.161 e. The summed E-state index contributed by atoms with van der Waals surface area (Å²) in [6.07, 6.45) is 0. The predicted octanol–water partition coefficient (Wildman–Crippen LogP) is 12.9. The average Bonchev–Trinajstić information content (AvgIpc) is 3.25. The van der Waals surface area contributed by atoms with Crippen molar-refractivity contribution in [2.45, 2.75) is 0 Å².